The molecule has 0 radical (unpaired) electrons. The lowest BCUT2D eigenvalue weighted by Crippen LogP contribution is -2.34. The molecule has 1 aromatic rings. The Hall–Kier alpha value is -1.35. The van der Waals surface area contributed by atoms with E-state index in [1.54, 1.807) is 0 Å². The molecule has 22 heavy (non-hydrogen) atoms. The molecular weight excluding hydrogens is 272 g/mol. The van der Waals surface area contributed by atoms with Crippen molar-refractivity contribution in [2.45, 2.75) is 53.0 Å². The van der Waals surface area contributed by atoms with Crippen molar-refractivity contribution < 1.29 is 4.79 Å². The first kappa shape index (κ1) is 17.0. The summed E-state index contributed by atoms with van der Waals surface area (Å²) in [5.41, 5.74) is 3.69. The molecule has 1 heterocycles. The van der Waals surface area contributed by atoms with E-state index in [2.05, 4.69) is 56.5 Å². The summed E-state index contributed by atoms with van der Waals surface area (Å²) < 4.78 is 0. The van der Waals surface area contributed by atoms with Crippen LogP contribution in [0.2, 0.25) is 0 Å². The third kappa shape index (κ3) is 4.84. The van der Waals surface area contributed by atoms with Crippen LogP contribution < -0.4 is 10.6 Å². The predicted molar refractivity (Wildman–Crippen MR) is 91.8 cm³/mol. The van der Waals surface area contributed by atoms with Gasteiger partial charge in [0, 0.05) is 6.42 Å². The highest BCUT2D eigenvalue weighted by atomic mass is 16.1. The Morgan fingerprint density at radius 1 is 1.18 bits per heavy atom. The minimum atomic E-state index is 0.0753. The molecule has 2 rings (SSSR count). The van der Waals surface area contributed by atoms with Crippen LogP contribution in [0.15, 0.2) is 18.2 Å². The average molecular weight is 302 g/mol. The van der Waals surface area contributed by atoms with Gasteiger partial charge in [-0.1, -0.05) is 36.2 Å². The number of rotatable bonds is 5. The number of aryl methyl sites for hydroxylation is 2. The minimum Gasteiger partial charge on any atom is -0.350 e. The Morgan fingerprint density at radius 2 is 1.77 bits per heavy atom. The maximum Gasteiger partial charge on any atom is 0.220 e. The monoisotopic (exact) mass is 302 g/mol. The van der Waals surface area contributed by atoms with Crippen molar-refractivity contribution in [2.24, 2.45) is 11.8 Å². The van der Waals surface area contributed by atoms with Gasteiger partial charge in [-0.3, -0.25) is 4.79 Å². The molecule has 0 aromatic heterocycles. The fourth-order valence-electron chi connectivity index (χ4n) is 3.52. The zero-order chi connectivity index (χ0) is 16.1. The van der Waals surface area contributed by atoms with Crippen LogP contribution in [0.1, 0.15) is 55.8 Å². The Bertz CT molecular complexity index is 486. The first-order valence-electron chi connectivity index (χ1n) is 8.54. The zero-order valence-corrected chi connectivity index (χ0v) is 14.4. The van der Waals surface area contributed by atoms with Crippen LogP contribution in [-0.2, 0) is 4.79 Å². The molecule has 0 bridgehead atoms. The van der Waals surface area contributed by atoms with Gasteiger partial charge >= 0.3 is 0 Å². The Morgan fingerprint density at radius 3 is 2.36 bits per heavy atom. The van der Waals surface area contributed by atoms with E-state index in [4.69, 9.17) is 0 Å². The first-order chi connectivity index (χ1) is 10.5. The number of carbonyl (C=O) groups is 1. The fraction of sp³-hybridized carbons (Fsp3) is 0.632. The Kier molecular flexibility index (Phi) is 6.01. The summed E-state index contributed by atoms with van der Waals surface area (Å²) in [5, 5.41) is 6.55. The van der Waals surface area contributed by atoms with E-state index in [0.717, 1.165) is 13.1 Å². The second-order valence-corrected chi connectivity index (χ2v) is 6.98. The van der Waals surface area contributed by atoms with Crippen molar-refractivity contribution in [2.75, 3.05) is 13.1 Å². The summed E-state index contributed by atoms with van der Waals surface area (Å²) in [7, 11) is 0. The molecule has 0 aliphatic carbocycles. The van der Waals surface area contributed by atoms with Gasteiger partial charge in [-0.05, 0) is 64.1 Å². The van der Waals surface area contributed by atoms with Gasteiger partial charge < -0.3 is 10.6 Å². The van der Waals surface area contributed by atoms with E-state index in [-0.39, 0.29) is 11.9 Å². The number of benzene rings is 1. The number of nitrogens with one attached hydrogen (secondary N) is 2. The SMILES string of the molecule is Cc1cc(C)cc(C(C)NC(=O)CC(C)C2CCNCC2)c1. The second-order valence-electron chi connectivity index (χ2n) is 6.98. The molecule has 3 heteroatoms. The van der Waals surface area contributed by atoms with E-state index < -0.39 is 0 Å². The molecule has 1 amide bonds. The summed E-state index contributed by atoms with van der Waals surface area (Å²) >= 11 is 0. The molecule has 2 unspecified atom stereocenters. The van der Waals surface area contributed by atoms with Crippen molar-refractivity contribution in [3.63, 3.8) is 0 Å². The van der Waals surface area contributed by atoms with Gasteiger partial charge in [0.25, 0.3) is 0 Å². The van der Waals surface area contributed by atoms with E-state index >= 15 is 0 Å². The lowest BCUT2D eigenvalue weighted by molar-refractivity contribution is -0.123. The molecule has 3 nitrogen and oxygen atoms in total. The van der Waals surface area contributed by atoms with Crippen LogP contribution in [0.25, 0.3) is 0 Å². The molecule has 1 aliphatic rings. The highest BCUT2D eigenvalue weighted by Gasteiger charge is 2.22. The third-order valence-electron chi connectivity index (χ3n) is 4.82. The van der Waals surface area contributed by atoms with Crippen molar-refractivity contribution in [3.8, 4) is 0 Å². The molecule has 0 saturated carbocycles. The van der Waals surface area contributed by atoms with Gasteiger partial charge in [0.2, 0.25) is 5.91 Å². The molecule has 1 aliphatic heterocycles. The van der Waals surface area contributed by atoms with Crippen LogP contribution in [0.5, 0.6) is 0 Å². The number of piperidine rings is 1. The minimum absolute atomic E-state index is 0.0753. The van der Waals surface area contributed by atoms with Gasteiger partial charge in [0.05, 0.1) is 6.04 Å². The van der Waals surface area contributed by atoms with Crippen molar-refractivity contribution >= 4 is 5.91 Å². The number of hydrogen-bond acceptors (Lipinski definition) is 2. The average Bonchev–Trinajstić information content (AvgIpc) is 2.47. The second kappa shape index (κ2) is 7.77. The normalized spacial score (nSPS) is 18.7. The highest BCUT2D eigenvalue weighted by Crippen LogP contribution is 2.24. The quantitative estimate of drug-likeness (QED) is 0.874. The van der Waals surface area contributed by atoms with Crippen molar-refractivity contribution in [1.29, 1.82) is 0 Å². The largest absolute Gasteiger partial charge is 0.350 e. The van der Waals surface area contributed by atoms with Gasteiger partial charge in [-0.25, -0.2) is 0 Å². The van der Waals surface area contributed by atoms with Gasteiger partial charge in [-0.2, -0.15) is 0 Å². The van der Waals surface area contributed by atoms with Crippen molar-refractivity contribution in [3.05, 3.63) is 34.9 Å². The highest BCUT2D eigenvalue weighted by molar-refractivity contribution is 5.76. The lowest BCUT2D eigenvalue weighted by Gasteiger charge is -2.28. The standard InChI is InChI=1S/C19H30N2O/c1-13-9-14(2)11-18(10-13)16(4)21-19(22)12-15(3)17-5-7-20-8-6-17/h9-11,15-17,20H,5-8,12H2,1-4H3,(H,21,22). The summed E-state index contributed by atoms with van der Waals surface area (Å²) in [4.78, 5) is 12.3. The van der Waals surface area contributed by atoms with E-state index in [9.17, 15) is 4.79 Å². The van der Waals surface area contributed by atoms with Gasteiger partial charge in [0.15, 0.2) is 0 Å². The molecule has 1 aromatic carbocycles. The van der Waals surface area contributed by atoms with E-state index in [1.807, 2.05) is 0 Å². The Balaban J connectivity index is 1.87. The van der Waals surface area contributed by atoms with Crippen LogP contribution >= 0.6 is 0 Å². The maximum absolute atomic E-state index is 12.3. The summed E-state index contributed by atoms with van der Waals surface area (Å²) in [6.45, 7) is 10.7. The predicted octanol–water partition coefficient (Wildman–Crippen LogP) is 3.51. The smallest absolute Gasteiger partial charge is 0.220 e. The number of carbonyl (C=O) groups excluding carboxylic acids is 1. The summed E-state index contributed by atoms with van der Waals surface area (Å²) in [6.07, 6.45) is 3.03. The van der Waals surface area contributed by atoms with E-state index in [1.165, 1.54) is 29.5 Å². The first-order valence-corrected chi connectivity index (χ1v) is 8.54. The molecule has 1 saturated heterocycles. The number of hydrogen-bond donors (Lipinski definition) is 2. The van der Waals surface area contributed by atoms with Crippen LogP contribution in [-0.4, -0.2) is 19.0 Å². The van der Waals surface area contributed by atoms with Gasteiger partial charge in [0.1, 0.15) is 0 Å². The molecule has 1 fully saturated rings. The topological polar surface area (TPSA) is 41.1 Å². The van der Waals surface area contributed by atoms with Gasteiger partial charge in [-0.15, -0.1) is 0 Å². The van der Waals surface area contributed by atoms with Crippen molar-refractivity contribution in [1.82, 2.24) is 10.6 Å². The fourth-order valence-corrected chi connectivity index (χ4v) is 3.52. The molecule has 2 atom stereocenters. The number of amides is 1. The van der Waals surface area contributed by atoms with Crippen LogP contribution in [0.3, 0.4) is 0 Å². The maximum atomic E-state index is 12.3. The third-order valence-corrected chi connectivity index (χ3v) is 4.82. The molecule has 122 valence electrons. The lowest BCUT2D eigenvalue weighted by atomic mass is 9.84. The zero-order valence-electron chi connectivity index (χ0n) is 14.4. The van der Waals surface area contributed by atoms with E-state index in [0.29, 0.717) is 18.3 Å². The Labute approximate surface area is 134 Å². The van der Waals surface area contributed by atoms with Crippen LogP contribution in [0.4, 0.5) is 0 Å². The summed E-state index contributed by atoms with van der Waals surface area (Å²) in [6, 6.07) is 6.56. The molecule has 2 N–H and O–H groups in total. The molecule has 0 spiro atoms. The van der Waals surface area contributed by atoms with Crippen LogP contribution in [0, 0.1) is 25.7 Å². The summed E-state index contributed by atoms with van der Waals surface area (Å²) in [5.74, 6) is 1.33. The molecular formula is C19H30N2O.